The molecule has 0 saturated carbocycles. The molecule has 0 aromatic carbocycles. The van der Waals surface area contributed by atoms with Crippen LogP contribution in [0.4, 0.5) is 0 Å². The summed E-state index contributed by atoms with van der Waals surface area (Å²) in [6.45, 7) is 4.81. The third kappa shape index (κ3) is 56.0. The van der Waals surface area contributed by atoms with Crippen molar-refractivity contribution in [3.8, 4) is 0 Å². The third-order valence-corrected chi connectivity index (χ3v) is 14.8. The fourth-order valence-corrected chi connectivity index (χ4v) is 9.84. The van der Waals surface area contributed by atoms with Crippen LogP contribution in [0.1, 0.15) is 290 Å². The maximum atomic E-state index is 13.0. The Hall–Kier alpha value is -1.54. The number of hydrogen-bond donors (Lipinski definition) is 3. The number of carbonyl (C=O) groups is 1. The van der Waals surface area contributed by atoms with E-state index in [0.717, 1.165) is 64.2 Å². The minimum Gasteiger partial charge on any atom is -0.391 e. The van der Waals surface area contributed by atoms with E-state index in [2.05, 4.69) is 67.8 Å². The van der Waals surface area contributed by atoms with E-state index in [0.29, 0.717) is 23.9 Å². The number of phosphoric ester groups is 1. The van der Waals surface area contributed by atoms with Gasteiger partial charge in [-0.1, -0.05) is 281 Å². The number of likely N-dealkylation sites (N-methyl/N-ethyl adjacent to an activating group) is 1. The van der Waals surface area contributed by atoms with E-state index in [1.807, 2.05) is 21.1 Å². The summed E-state index contributed by atoms with van der Waals surface area (Å²) in [4.78, 5) is 23.4. The van der Waals surface area contributed by atoms with Crippen LogP contribution in [0.2, 0.25) is 0 Å². The quantitative estimate of drug-likeness (QED) is 0.0243. The molecule has 71 heavy (non-hydrogen) atoms. The highest BCUT2D eigenvalue weighted by molar-refractivity contribution is 7.47. The Bertz CT molecular complexity index is 1290. The third-order valence-electron chi connectivity index (χ3n) is 13.8. The van der Waals surface area contributed by atoms with Gasteiger partial charge >= 0.3 is 7.82 Å². The van der Waals surface area contributed by atoms with Gasteiger partial charge in [-0.15, -0.1) is 0 Å². The Morgan fingerprint density at radius 2 is 0.845 bits per heavy atom. The van der Waals surface area contributed by atoms with Crippen molar-refractivity contribution in [2.75, 3.05) is 40.9 Å². The maximum absolute atomic E-state index is 13.0. The molecule has 0 heterocycles. The summed E-state index contributed by atoms with van der Waals surface area (Å²) in [6, 6.07) is -0.766. The molecule has 9 heteroatoms. The van der Waals surface area contributed by atoms with Gasteiger partial charge in [-0.2, -0.15) is 0 Å². The Morgan fingerprint density at radius 3 is 1.24 bits per heavy atom. The van der Waals surface area contributed by atoms with Gasteiger partial charge in [0.25, 0.3) is 0 Å². The van der Waals surface area contributed by atoms with Crippen LogP contribution in [0.3, 0.4) is 0 Å². The summed E-state index contributed by atoms with van der Waals surface area (Å²) in [5.74, 6) is -0.147. The molecule has 8 nitrogen and oxygen atoms in total. The van der Waals surface area contributed by atoms with E-state index in [-0.39, 0.29) is 19.1 Å². The van der Waals surface area contributed by atoms with Crippen LogP contribution in [0.15, 0.2) is 48.6 Å². The predicted molar refractivity (Wildman–Crippen MR) is 309 cm³/mol. The van der Waals surface area contributed by atoms with E-state index in [4.69, 9.17) is 9.05 Å². The number of aliphatic hydroxyl groups is 1. The first-order valence-corrected chi connectivity index (χ1v) is 32.0. The lowest BCUT2D eigenvalue weighted by molar-refractivity contribution is -0.870. The molecule has 0 saturated heterocycles. The number of unbranched alkanes of at least 4 members (excludes halogenated alkanes) is 35. The second kappa shape index (κ2) is 53.3. The standard InChI is InChI=1S/C62H119N2O6P/c1-6-8-10-12-14-16-18-20-22-24-26-28-30-31-32-34-35-37-39-41-43-45-47-49-51-53-55-61(65)60(59-70-71(67,68)69-58-57-64(3,4)5)63-62(66)56-54-52-50-48-46-44-42-40-38-36-33-29-27-25-23-21-19-17-15-13-11-9-7-2/h9,11,15,17,21,23,27,29,60-61,65H,6-8,10,12-14,16,18-20,22,24-26,28,30-59H2,1-5H3,(H-,63,66,67,68)/p+1/b11-9-,17-15-,23-21-,29-27-. The van der Waals surface area contributed by atoms with Crippen molar-refractivity contribution in [2.24, 2.45) is 0 Å². The number of allylic oxidation sites excluding steroid dienone is 8. The van der Waals surface area contributed by atoms with Crippen LogP contribution in [-0.4, -0.2) is 73.4 Å². The second-order valence-corrected chi connectivity index (χ2v) is 23.5. The van der Waals surface area contributed by atoms with E-state index in [1.54, 1.807) is 0 Å². The van der Waals surface area contributed by atoms with Crippen LogP contribution < -0.4 is 5.32 Å². The summed E-state index contributed by atoms with van der Waals surface area (Å²) in [6.07, 6.45) is 70.3. The zero-order valence-corrected chi connectivity index (χ0v) is 48.6. The molecule has 3 unspecified atom stereocenters. The first-order chi connectivity index (χ1) is 34.5. The van der Waals surface area contributed by atoms with E-state index < -0.39 is 20.0 Å². The van der Waals surface area contributed by atoms with Gasteiger partial charge in [-0.3, -0.25) is 13.8 Å². The number of nitrogens with zero attached hydrogens (tertiary/aromatic N) is 1. The molecule has 3 atom stereocenters. The average Bonchev–Trinajstić information content (AvgIpc) is 3.33. The molecule has 0 rings (SSSR count). The lowest BCUT2D eigenvalue weighted by Crippen LogP contribution is -2.46. The van der Waals surface area contributed by atoms with Gasteiger partial charge in [0.2, 0.25) is 5.91 Å². The van der Waals surface area contributed by atoms with E-state index in [1.165, 1.54) is 199 Å². The second-order valence-electron chi connectivity index (χ2n) is 22.1. The van der Waals surface area contributed by atoms with Gasteiger partial charge in [0.05, 0.1) is 39.9 Å². The molecular formula is C62H120N2O6P+. The monoisotopic (exact) mass is 1020 g/mol. The van der Waals surface area contributed by atoms with Crippen molar-refractivity contribution < 1.29 is 32.9 Å². The fraction of sp³-hybridized carbons (Fsp3) is 0.855. The summed E-state index contributed by atoms with van der Waals surface area (Å²) < 4.78 is 23.8. The van der Waals surface area contributed by atoms with Gasteiger partial charge in [-0.05, 0) is 51.4 Å². The largest absolute Gasteiger partial charge is 0.472 e. The Labute approximate surface area is 441 Å². The summed E-state index contributed by atoms with van der Waals surface area (Å²) in [5, 5.41) is 14.1. The van der Waals surface area contributed by atoms with Gasteiger partial charge in [0, 0.05) is 6.42 Å². The minimum atomic E-state index is -4.33. The minimum absolute atomic E-state index is 0.0731. The molecule has 418 valence electrons. The number of quaternary nitrogens is 1. The molecule has 0 bridgehead atoms. The molecule has 0 fully saturated rings. The van der Waals surface area contributed by atoms with Crippen LogP contribution >= 0.6 is 7.82 Å². The predicted octanol–water partition coefficient (Wildman–Crippen LogP) is 18.7. The molecule has 0 aliphatic heterocycles. The molecular weight excluding hydrogens is 900 g/mol. The highest BCUT2D eigenvalue weighted by Crippen LogP contribution is 2.43. The van der Waals surface area contributed by atoms with Gasteiger partial charge in [0.1, 0.15) is 13.2 Å². The van der Waals surface area contributed by atoms with Crippen LogP contribution in [0.25, 0.3) is 0 Å². The first-order valence-electron chi connectivity index (χ1n) is 30.5. The Balaban J connectivity index is 4.13. The molecule has 0 aliphatic rings. The molecule has 0 aromatic rings. The van der Waals surface area contributed by atoms with Crippen molar-refractivity contribution in [1.82, 2.24) is 5.32 Å². The fourth-order valence-electron chi connectivity index (χ4n) is 9.10. The van der Waals surface area contributed by atoms with Crippen molar-refractivity contribution in [3.05, 3.63) is 48.6 Å². The lowest BCUT2D eigenvalue weighted by Gasteiger charge is -2.26. The van der Waals surface area contributed by atoms with Crippen molar-refractivity contribution in [2.45, 2.75) is 302 Å². The van der Waals surface area contributed by atoms with Crippen molar-refractivity contribution in [3.63, 3.8) is 0 Å². The zero-order valence-electron chi connectivity index (χ0n) is 47.7. The number of carbonyl (C=O) groups excluding carboxylic acids is 1. The van der Waals surface area contributed by atoms with Crippen LogP contribution in [0, 0.1) is 0 Å². The first kappa shape index (κ1) is 69.5. The topological polar surface area (TPSA) is 105 Å². The van der Waals surface area contributed by atoms with Gasteiger partial charge in [0.15, 0.2) is 0 Å². The summed E-state index contributed by atoms with van der Waals surface area (Å²) >= 11 is 0. The average molecular weight is 1020 g/mol. The Morgan fingerprint density at radius 1 is 0.493 bits per heavy atom. The normalized spacial score (nSPS) is 14.2. The van der Waals surface area contributed by atoms with Gasteiger partial charge < -0.3 is 19.8 Å². The lowest BCUT2D eigenvalue weighted by atomic mass is 10.0. The Kier molecular flexibility index (Phi) is 52.1. The van der Waals surface area contributed by atoms with Gasteiger partial charge in [-0.25, -0.2) is 4.57 Å². The number of phosphoric acid groups is 1. The number of nitrogens with one attached hydrogen (secondary N) is 1. The highest BCUT2D eigenvalue weighted by atomic mass is 31.2. The number of amides is 1. The molecule has 0 radical (unpaired) electrons. The molecule has 3 N–H and O–H groups in total. The van der Waals surface area contributed by atoms with E-state index in [9.17, 15) is 19.4 Å². The number of aliphatic hydroxyl groups excluding tert-OH is 1. The summed E-state index contributed by atoms with van der Waals surface area (Å²) in [5.41, 5.74) is 0. The number of rotatable bonds is 56. The number of hydrogen-bond acceptors (Lipinski definition) is 5. The highest BCUT2D eigenvalue weighted by Gasteiger charge is 2.28. The smallest absolute Gasteiger partial charge is 0.391 e. The SMILES string of the molecule is CC/C=C\C/C=C\C/C=C\C/C=C\CCCCCCCCCCCCC(=O)NC(COP(=O)(O)OCC[N+](C)(C)C)C(O)CCCCCCCCCCCCCCCCCCCCCCCCCCCC. The van der Waals surface area contributed by atoms with Crippen molar-refractivity contribution >= 4 is 13.7 Å². The molecule has 1 amide bonds. The zero-order chi connectivity index (χ0) is 52.0. The maximum Gasteiger partial charge on any atom is 0.472 e. The van der Waals surface area contributed by atoms with Crippen molar-refractivity contribution in [1.29, 1.82) is 0 Å². The molecule has 0 aliphatic carbocycles. The summed E-state index contributed by atoms with van der Waals surface area (Å²) in [7, 11) is 1.62. The van der Waals surface area contributed by atoms with E-state index >= 15 is 0 Å². The van der Waals surface area contributed by atoms with Crippen LogP contribution in [0.5, 0.6) is 0 Å². The molecule has 0 aromatic heterocycles. The molecule has 0 spiro atoms. The van der Waals surface area contributed by atoms with Crippen LogP contribution in [-0.2, 0) is 18.4 Å².